The van der Waals surface area contributed by atoms with Crippen LogP contribution in [-0.2, 0) is 14.3 Å². The van der Waals surface area contributed by atoms with E-state index in [1.807, 2.05) is 6.08 Å². The molecule has 0 bridgehead atoms. The molecule has 1 N–H and O–H groups in total. The van der Waals surface area contributed by atoms with Crippen molar-refractivity contribution in [2.45, 2.75) is 110 Å². The molecule has 0 radical (unpaired) electrons. The molecule has 0 aromatic rings. The van der Waals surface area contributed by atoms with Gasteiger partial charge in [-0.25, -0.2) is 4.79 Å². The molecule has 156 valence electrons. The highest BCUT2D eigenvalue weighted by Crippen LogP contribution is 2.13. The molecular weight excluding hydrogens is 340 g/mol. The molecule has 4 heteroatoms. The van der Waals surface area contributed by atoms with E-state index in [1.165, 1.54) is 89.7 Å². The predicted molar refractivity (Wildman–Crippen MR) is 112 cm³/mol. The SMILES string of the molecule is C=C(CC(=O)O)C(=O)OC=CCCCCCCCCCCCCCCCC. The number of rotatable bonds is 19. The van der Waals surface area contributed by atoms with Crippen molar-refractivity contribution in [3.05, 3.63) is 24.5 Å². The topological polar surface area (TPSA) is 63.6 Å². The van der Waals surface area contributed by atoms with Gasteiger partial charge in [0.25, 0.3) is 0 Å². The lowest BCUT2D eigenvalue weighted by molar-refractivity contribution is -0.140. The Hall–Kier alpha value is -1.58. The molecule has 0 atom stereocenters. The van der Waals surface area contributed by atoms with Crippen LogP contribution >= 0.6 is 0 Å². The van der Waals surface area contributed by atoms with E-state index in [0.29, 0.717) is 0 Å². The van der Waals surface area contributed by atoms with Crippen LogP contribution in [0.4, 0.5) is 0 Å². The lowest BCUT2D eigenvalue weighted by atomic mass is 10.0. The number of carbonyl (C=O) groups is 2. The third-order valence-corrected chi connectivity index (χ3v) is 4.65. The first-order valence-electron chi connectivity index (χ1n) is 10.8. The maximum Gasteiger partial charge on any atom is 0.338 e. The molecule has 0 rings (SSSR count). The number of unbranched alkanes of at least 4 members (excludes halogenated alkanes) is 14. The van der Waals surface area contributed by atoms with Crippen LogP contribution < -0.4 is 0 Å². The molecule has 0 aliphatic rings. The van der Waals surface area contributed by atoms with Gasteiger partial charge in [-0.3, -0.25) is 4.79 Å². The highest BCUT2D eigenvalue weighted by molar-refractivity contribution is 5.93. The van der Waals surface area contributed by atoms with Gasteiger partial charge in [0.1, 0.15) is 0 Å². The van der Waals surface area contributed by atoms with Crippen LogP contribution in [0.2, 0.25) is 0 Å². The molecule has 0 aromatic carbocycles. The average molecular weight is 381 g/mol. The van der Waals surface area contributed by atoms with Gasteiger partial charge in [-0.1, -0.05) is 97.0 Å². The van der Waals surface area contributed by atoms with Gasteiger partial charge >= 0.3 is 11.9 Å². The lowest BCUT2D eigenvalue weighted by Crippen LogP contribution is -2.07. The zero-order valence-corrected chi connectivity index (χ0v) is 17.3. The molecule has 0 aliphatic heterocycles. The summed E-state index contributed by atoms with van der Waals surface area (Å²) < 4.78 is 4.84. The maximum absolute atomic E-state index is 11.4. The molecule has 0 fully saturated rings. The Kier molecular flexibility index (Phi) is 18.1. The molecule has 0 heterocycles. The minimum absolute atomic E-state index is 0.0383. The summed E-state index contributed by atoms with van der Waals surface area (Å²) in [5, 5.41) is 8.57. The monoisotopic (exact) mass is 380 g/mol. The molecule has 27 heavy (non-hydrogen) atoms. The predicted octanol–water partition coefficient (Wildman–Crippen LogP) is 6.95. The Balaban J connectivity index is 3.30. The first kappa shape index (κ1) is 25.4. The van der Waals surface area contributed by atoms with Crippen molar-refractivity contribution < 1.29 is 19.4 Å². The molecular formula is C23H40O4. The molecule has 0 spiro atoms. The number of carboxylic acids is 1. The van der Waals surface area contributed by atoms with Crippen LogP contribution in [0, 0.1) is 0 Å². The summed E-state index contributed by atoms with van der Waals surface area (Å²) in [5.41, 5.74) is -0.0383. The molecule has 0 amide bonds. The Morgan fingerprint density at radius 3 is 1.70 bits per heavy atom. The quantitative estimate of drug-likeness (QED) is 0.114. The highest BCUT2D eigenvalue weighted by Gasteiger charge is 2.10. The van der Waals surface area contributed by atoms with Gasteiger partial charge in [-0.05, 0) is 18.9 Å². The first-order valence-corrected chi connectivity index (χ1v) is 10.8. The van der Waals surface area contributed by atoms with Crippen LogP contribution in [0.1, 0.15) is 110 Å². The van der Waals surface area contributed by atoms with Gasteiger partial charge in [0.05, 0.1) is 12.7 Å². The summed E-state index contributed by atoms with van der Waals surface area (Å²) in [4.78, 5) is 21.9. The van der Waals surface area contributed by atoms with Gasteiger partial charge in [-0.15, -0.1) is 0 Å². The number of allylic oxidation sites excluding steroid dienone is 1. The van der Waals surface area contributed by atoms with Crippen molar-refractivity contribution in [1.82, 2.24) is 0 Å². The van der Waals surface area contributed by atoms with Crippen molar-refractivity contribution in [2.24, 2.45) is 0 Å². The summed E-state index contributed by atoms with van der Waals surface area (Å²) in [6.07, 6.45) is 22.4. The number of aliphatic carboxylic acids is 1. The highest BCUT2D eigenvalue weighted by atomic mass is 16.5. The van der Waals surface area contributed by atoms with E-state index in [1.54, 1.807) is 0 Å². The van der Waals surface area contributed by atoms with Gasteiger partial charge in [0, 0.05) is 5.57 Å². The Morgan fingerprint density at radius 1 is 0.815 bits per heavy atom. The normalized spacial score (nSPS) is 11.0. The van der Waals surface area contributed by atoms with Crippen molar-refractivity contribution in [3.8, 4) is 0 Å². The lowest BCUT2D eigenvalue weighted by Gasteiger charge is -2.03. The van der Waals surface area contributed by atoms with E-state index in [9.17, 15) is 9.59 Å². The fourth-order valence-electron chi connectivity index (χ4n) is 2.97. The second-order valence-electron chi connectivity index (χ2n) is 7.34. The van der Waals surface area contributed by atoms with Crippen LogP contribution in [0.3, 0.4) is 0 Å². The van der Waals surface area contributed by atoms with Gasteiger partial charge in [0.2, 0.25) is 0 Å². The van der Waals surface area contributed by atoms with E-state index in [0.717, 1.165) is 12.8 Å². The Morgan fingerprint density at radius 2 is 1.26 bits per heavy atom. The third kappa shape index (κ3) is 19.0. The van der Waals surface area contributed by atoms with Crippen molar-refractivity contribution in [2.75, 3.05) is 0 Å². The van der Waals surface area contributed by atoms with Crippen molar-refractivity contribution >= 4 is 11.9 Å². The molecule has 4 nitrogen and oxygen atoms in total. The van der Waals surface area contributed by atoms with Crippen LogP contribution in [-0.4, -0.2) is 17.0 Å². The number of hydrogen-bond donors (Lipinski definition) is 1. The molecule has 0 aromatic heterocycles. The second kappa shape index (κ2) is 19.2. The number of carbonyl (C=O) groups excluding carboxylic acids is 1. The molecule has 0 saturated carbocycles. The molecule has 0 aliphatic carbocycles. The first-order chi connectivity index (χ1) is 13.1. The number of ether oxygens (including phenoxy) is 1. The summed E-state index contributed by atoms with van der Waals surface area (Å²) in [5.74, 6) is -1.75. The van der Waals surface area contributed by atoms with E-state index in [4.69, 9.17) is 9.84 Å². The number of hydrogen-bond acceptors (Lipinski definition) is 3. The van der Waals surface area contributed by atoms with Crippen LogP contribution in [0.25, 0.3) is 0 Å². The van der Waals surface area contributed by atoms with E-state index in [2.05, 4.69) is 13.5 Å². The summed E-state index contributed by atoms with van der Waals surface area (Å²) in [7, 11) is 0. The summed E-state index contributed by atoms with van der Waals surface area (Å²) in [6.45, 7) is 5.66. The molecule has 0 saturated heterocycles. The van der Waals surface area contributed by atoms with E-state index >= 15 is 0 Å². The fraction of sp³-hybridized carbons (Fsp3) is 0.739. The number of carboxylic acid groups (broad SMARTS) is 1. The molecule has 0 unspecified atom stereocenters. The van der Waals surface area contributed by atoms with Gasteiger partial charge < -0.3 is 9.84 Å². The van der Waals surface area contributed by atoms with Gasteiger partial charge in [-0.2, -0.15) is 0 Å². The Bertz CT molecular complexity index is 426. The van der Waals surface area contributed by atoms with E-state index < -0.39 is 11.9 Å². The average Bonchev–Trinajstić information content (AvgIpc) is 2.63. The van der Waals surface area contributed by atoms with Crippen LogP contribution in [0.15, 0.2) is 24.5 Å². The number of esters is 1. The fourth-order valence-corrected chi connectivity index (χ4v) is 2.97. The van der Waals surface area contributed by atoms with Crippen LogP contribution in [0.5, 0.6) is 0 Å². The van der Waals surface area contributed by atoms with Gasteiger partial charge in [0.15, 0.2) is 0 Å². The minimum Gasteiger partial charge on any atom is -0.481 e. The largest absolute Gasteiger partial charge is 0.481 e. The maximum atomic E-state index is 11.4. The summed E-state index contributed by atoms with van der Waals surface area (Å²) in [6, 6.07) is 0. The third-order valence-electron chi connectivity index (χ3n) is 4.65. The Labute approximate surface area is 166 Å². The minimum atomic E-state index is -1.08. The van der Waals surface area contributed by atoms with Crippen molar-refractivity contribution in [3.63, 3.8) is 0 Å². The zero-order valence-electron chi connectivity index (χ0n) is 17.3. The van der Waals surface area contributed by atoms with Crippen molar-refractivity contribution in [1.29, 1.82) is 0 Å². The zero-order chi connectivity index (χ0) is 20.2. The van der Waals surface area contributed by atoms with E-state index in [-0.39, 0.29) is 12.0 Å². The standard InChI is InChI=1S/C23H40O4/c1-3-4-5-6-7-8-9-10-11-12-13-14-15-16-17-18-19-27-23(26)21(2)20-22(24)25/h18-19H,2-17,20H2,1H3,(H,24,25). The summed E-state index contributed by atoms with van der Waals surface area (Å²) >= 11 is 0. The smallest absolute Gasteiger partial charge is 0.338 e. The second-order valence-corrected chi connectivity index (χ2v) is 7.34.